The van der Waals surface area contributed by atoms with Gasteiger partial charge in [0.1, 0.15) is 0 Å². The first-order valence-electron chi connectivity index (χ1n) is 13.2. The zero-order chi connectivity index (χ0) is 23.8. The molecule has 0 saturated heterocycles. The number of nitrogens with zero attached hydrogens (tertiary/aromatic N) is 2. The van der Waals surface area contributed by atoms with Gasteiger partial charge in [0.15, 0.2) is 5.82 Å². The van der Waals surface area contributed by atoms with Crippen molar-refractivity contribution < 1.29 is 0 Å². The summed E-state index contributed by atoms with van der Waals surface area (Å²) in [4.78, 5) is 10.5. The Morgan fingerprint density at radius 1 is 0.486 bits per heavy atom. The van der Waals surface area contributed by atoms with E-state index in [1.54, 1.807) is 0 Å². The second-order valence-electron chi connectivity index (χ2n) is 10.9. The van der Waals surface area contributed by atoms with Crippen molar-refractivity contribution in [3.8, 4) is 22.6 Å². The highest BCUT2D eigenvalue weighted by molar-refractivity contribution is 6.33. The third-order valence-electron chi connectivity index (χ3n) is 9.04. The van der Waals surface area contributed by atoms with Crippen LogP contribution in [0.25, 0.3) is 65.9 Å². The van der Waals surface area contributed by atoms with Crippen molar-refractivity contribution in [2.45, 2.75) is 19.3 Å². The molecule has 37 heavy (non-hydrogen) atoms. The van der Waals surface area contributed by atoms with Crippen LogP contribution in [0.5, 0.6) is 0 Å². The molecule has 0 amide bonds. The number of para-hydroxylation sites is 1. The fraction of sp³-hybridized carbons (Fsp3) is 0.0857. The lowest BCUT2D eigenvalue weighted by Crippen LogP contribution is -1.99. The summed E-state index contributed by atoms with van der Waals surface area (Å²) in [6.45, 7) is 0. The van der Waals surface area contributed by atoms with Crippen LogP contribution in [0.1, 0.15) is 33.4 Å². The molecule has 3 aliphatic rings. The predicted molar refractivity (Wildman–Crippen MR) is 151 cm³/mol. The summed E-state index contributed by atoms with van der Waals surface area (Å²) in [5.41, 5.74) is 13.1. The Balaban J connectivity index is 1.36. The van der Waals surface area contributed by atoms with Gasteiger partial charge in [-0.25, -0.2) is 9.97 Å². The molecule has 1 heterocycles. The fourth-order valence-electron chi connectivity index (χ4n) is 7.59. The summed E-state index contributed by atoms with van der Waals surface area (Å²) in [5.74, 6) is 0.846. The second kappa shape index (κ2) is 6.22. The fourth-order valence-corrected chi connectivity index (χ4v) is 7.59. The van der Waals surface area contributed by atoms with E-state index in [4.69, 9.17) is 9.97 Å². The zero-order valence-electron chi connectivity index (χ0n) is 20.1. The van der Waals surface area contributed by atoms with Gasteiger partial charge in [0.05, 0.1) is 11.2 Å². The van der Waals surface area contributed by atoms with Crippen LogP contribution >= 0.6 is 0 Å². The molecule has 2 nitrogen and oxygen atoms in total. The lowest BCUT2D eigenvalue weighted by atomic mass is 9.92. The van der Waals surface area contributed by atoms with Crippen molar-refractivity contribution in [3.63, 3.8) is 0 Å². The number of rotatable bonds is 2. The molecule has 3 aliphatic carbocycles. The van der Waals surface area contributed by atoms with Crippen LogP contribution in [-0.4, -0.2) is 9.97 Å². The van der Waals surface area contributed by atoms with Gasteiger partial charge in [0, 0.05) is 16.5 Å². The number of benzene rings is 6. The van der Waals surface area contributed by atoms with E-state index in [0.717, 1.165) is 47.2 Å². The van der Waals surface area contributed by atoms with Crippen LogP contribution in [0.2, 0.25) is 0 Å². The molecule has 10 rings (SSSR count). The number of fused-ring (bicyclic) bond motifs is 1. The smallest absolute Gasteiger partial charge is 0.160 e. The lowest BCUT2D eigenvalue weighted by molar-refractivity contribution is 1.18. The largest absolute Gasteiger partial charge is 0.228 e. The van der Waals surface area contributed by atoms with E-state index in [2.05, 4.69) is 84.9 Å². The summed E-state index contributed by atoms with van der Waals surface area (Å²) in [7, 11) is 0. The van der Waals surface area contributed by atoms with Gasteiger partial charge < -0.3 is 0 Å². The Bertz CT molecular complexity index is 2170. The van der Waals surface area contributed by atoms with Crippen molar-refractivity contribution in [1.29, 1.82) is 0 Å². The molecule has 0 fully saturated rings. The number of hydrogen-bond acceptors (Lipinski definition) is 2. The number of hydrogen-bond donors (Lipinski definition) is 0. The molecule has 6 aromatic carbocycles. The lowest BCUT2D eigenvalue weighted by Gasteiger charge is -2.14. The summed E-state index contributed by atoms with van der Waals surface area (Å²) in [6.07, 6.45) is 3.01. The van der Waals surface area contributed by atoms with Crippen molar-refractivity contribution in [1.82, 2.24) is 9.97 Å². The average Bonchev–Trinajstić information content (AvgIpc) is 3.62. The Hall–Kier alpha value is -4.56. The first-order chi connectivity index (χ1) is 18.3. The molecular formula is C35H20N2. The average molecular weight is 469 g/mol. The third-order valence-corrected chi connectivity index (χ3v) is 9.04. The molecular weight excluding hydrogens is 448 g/mol. The van der Waals surface area contributed by atoms with Crippen LogP contribution < -0.4 is 0 Å². The van der Waals surface area contributed by atoms with Gasteiger partial charge in [-0.15, -0.1) is 0 Å². The van der Waals surface area contributed by atoms with Gasteiger partial charge >= 0.3 is 0 Å². The molecule has 7 aromatic rings. The van der Waals surface area contributed by atoms with Crippen LogP contribution in [0, 0.1) is 0 Å². The maximum Gasteiger partial charge on any atom is 0.160 e. The van der Waals surface area contributed by atoms with E-state index in [1.807, 2.05) is 0 Å². The monoisotopic (exact) mass is 468 g/mol. The maximum absolute atomic E-state index is 5.29. The van der Waals surface area contributed by atoms with Crippen molar-refractivity contribution in [2.75, 3.05) is 0 Å². The Morgan fingerprint density at radius 2 is 1.08 bits per heavy atom. The molecule has 0 aliphatic heterocycles. The van der Waals surface area contributed by atoms with Crippen molar-refractivity contribution in [3.05, 3.63) is 118 Å². The van der Waals surface area contributed by atoms with Gasteiger partial charge in [-0.3, -0.25) is 0 Å². The van der Waals surface area contributed by atoms with E-state index < -0.39 is 0 Å². The summed E-state index contributed by atoms with van der Waals surface area (Å²) in [5, 5.41) is 10.1. The SMILES string of the molecule is c1ccc(-c2nc(-c3cc4c5c6c(ccc7c6c6c(ccc8c6c5c3C8)C7)C4)nc3ccccc23)cc1. The topological polar surface area (TPSA) is 25.8 Å². The van der Waals surface area contributed by atoms with Crippen molar-refractivity contribution >= 4 is 43.2 Å². The predicted octanol–water partition coefficient (Wildman–Crippen LogP) is 8.14. The van der Waals surface area contributed by atoms with E-state index in [0.29, 0.717) is 0 Å². The summed E-state index contributed by atoms with van der Waals surface area (Å²) >= 11 is 0. The van der Waals surface area contributed by atoms with E-state index in [9.17, 15) is 0 Å². The van der Waals surface area contributed by atoms with Crippen LogP contribution in [0.3, 0.4) is 0 Å². The Kier molecular flexibility index (Phi) is 3.14. The molecule has 0 N–H and O–H groups in total. The first-order valence-corrected chi connectivity index (χ1v) is 13.2. The minimum Gasteiger partial charge on any atom is -0.228 e. The first kappa shape index (κ1) is 18.7. The molecule has 0 radical (unpaired) electrons. The molecule has 0 spiro atoms. The van der Waals surface area contributed by atoms with Crippen molar-refractivity contribution in [2.24, 2.45) is 0 Å². The maximum atomic E-state index is 5.29. The molecule has 0 bridgehead atoms. The summed E-state index contributed by atoms with van der Waals surface area (Å²) in [6, 6.07) is 30.9. The molecule has 2 heteroatoms. The summed E-state index contributed by atoms with van der Waals surface area (Å²) < 4.78 is 0. The van der Waals surface area contributed by atoms with Crippen LogP contribution in [0.15, 0.2) is 84.9 Å². The molecule has 0 saturated carbocycles. The minimum absolute atomic E-state index is 0.846. The minimum atomic E-state index is 0.846. The molecule has 0 unspecified atom stereocenters. The van der Waals surface area contributed by atoms with Gasteiger partial charge in [-0.1, -0.05) is 72.8 Å². The van der Waals surface area contributed by atoms with E-state index >= 15 is 0 Å². The number of aromatic nitrogens is 2. The molecule has 170 valence electrons. The van der Waals surface area contributed by atoms with Gasteiger partial charge in [0.2, 0.25) is 0 Å². The quantitative estimate of drug-likeness (QED) is 0.239. The van der Waals surface area contributed by atoms with Crippen LogP contribution in [-0.2, 0) is 19.3 Å². The van der Waals surface area contributed by atoms with Gasteiger partial charge in [-0.2, -0.15) is 0 Å². The highest BCUT2D eigenvalue weighted by Crippen LogP contribution is 2.54. The molecule has 1 aromatic heterocycles. The molecule has 0 atom stereocenters. The second-order valence-corrected chi connectivity index (χ2v) is 10.9. The van der Waals surface area contributed by atoms with Gasteiger partial charge in [-0.05, 0) is 97.1 Å². The van der Waals surface area contributed by atoms with E-state index in [-0.39, 0.29) is 0 Å². The Morgan fingerprint density at radius 3 is 1.84 bits per heavy atom. The highest BCUT2D eigenvalue weighted by atomic mass is 14.9. The normalized spacial score (nSPS) is 14.2. The highest BCUT2D eigenvalue weighted by Gasteiger charge is 2.33. The van der Waals surface area contributed by atoms with Crippen LogP contribution in [0.4, 0.5) is 0 Å². The third kappa shape index (κ3) is 2.16. The Labute approximate surface area is 213 Å². The van der Waals surface area contributed by atoms with E-state index in [1.165, 1.54) is 71.3 Å². The standard InChI is InChI=1S/C35H20N2/c1-2-6-18(7-3-1)34-24-8-4-5-9-27(24)36-35(37-34)26-17-23-15-21-11-10-19-14-20-12-13-22-16-25(26)33-31(22)29(20)28(19)30(21)32(23)33/h1-13,17H,14-16H2. The van der Waals surface area contributed by atoms with Gasteiger partial charge in [0.25, 0.3) is 0 Å². The zero-order valence-corrected chi connectivity index (χ0v) is 20.1.